The summed E-state index contributed by atoms with van der Waals surface area (Å²) < 4.78 is 26.6. The number of benzene rings is 1. The van der Waals surface area contributed by atoms with Crippen LogP contribution < -0.4 is 4.31 Å². The second kappa shape index (κ2) is 12.4. The molecule has 1 radical (unpaired) electrons. The fourth-order valence-electron chi connectivity index (χ4n) is 3.40. The molecule has 0 saturated carbocycles. The number of aliphatic hydroxyl groups is 1. The van der Waals surface area contributed by atoms with Crippen molar-refractivity contribution < 1.29 is 46.2 Å². The zero-order valence-corrected chi connectivity index (χ0v) is 20.0. The van der Waals surface area contributed by atoms with E-state index in [0.29, 0.717) is 12.1 Å². The maximum Gasteiger partial charge on any atom is 0.235 e. The number of allylic oxidation sites excluding steroid dienone is 1. The molecule has 0 amide bonds. The molecule has 1 aromatic rings. The smallest absolute Gasteiger partial charge is 0.235 e. The van der Waals surface area contributed by atoms with E-state index in [1.807, 2.05) is 24.3 Å². The van der Waals surface area contributed by atoms with Gasteiger partial charge in [-0.3, -0.25) is 4.31 Å². The summed E-state index contributed by atoms with van der Waals surface area (Å²) in [6.07, 6.45) is 10.8. The SMILES string of the molecule is [CH2-]CC/C=C\CC1CCS(=O)(=O)N1c1ccc(C(O)CCCCC)cc1.[Y]. The van der Waals surface area contributed by atoms with Crippen molar-refractivity contribution in [2.45, 2.75) is 70.4 Å². The molecule has 0 aromatic heterocycles. The van der Waals surface area contributed by atoms with Crippen molar-refractivity contribution in [1.82, 2.24) is 0 Å². The molecule has 6 heteroatoms. The van der Waals surface area contributed by atoms with Gasteiger partial charge in [0.15, 0.2) is 0 Å². The van der Waals surface area contributed by atoms with Crippen LogP contribution in [0.3, 0.4) is 0 Å². The summed E-state index contributed by atoms with van der Waals surface area (Å²) in [5, 5.41) is 10.3. The van der Waals surface area contributed by atoms with Crippen LogP contribution in [0.4, 0.5) is 5.69 Å². The van der Waals surface area contributed by atoms with Crippen LogP contribution in [-0.4, -0.2) is 25.3 Å². The Kier molecular flexibility index (Phi) is 11.4. The number of nitrogens with zero attached hydrogens (tertiary/aromatic N) is 1. The normalized spacial score (nSPS) is 20.0. The van der Waals surface area contributed by atoms with Crippen molar-refractivity contribution in [1.29, 1.82) is 0 Å². The second-order valence-corrected chi connectivity index (χ2v) is 8.97. The molecule has 4 nitrogen and oxygen atoms in total. The summed E-state index contributed by atoms with van der Waals surface area (Å²) in [4.78, 5) is 0. The minimum atomic E-state index is -3.26. The first-order valence-corrected chi connectivity index (χ1v) is 11.3. The summed E-state index contributed by atoms with van der Waals surface area (Å²) in [6.45, 7) is 5.95. The predicted octanol–water partition coefficient (Wildman–Crippen LogP) is 4.77. The average Bonchev–Trinajstić information content (AvgIpc) is 2.93. The standard InChI is InChI=1S/C21H32NO3S.Y/c1-3-5-7-9-10-19-16-17-26(24,25)22(19)20-14-12-18(13-15-20)21(23)11-8-6-4-2;/h7,9,12-15,19,21,23H,1,3-6,8,10-11,16-17H2,2H3;/q-1;/b9-7-;. The number of aliphatic hydroxyl groups excluding tert-OH is 1. The van der Waals surface area contributed by atoms with Gasteiger partial charge < -0.3 is 12.0 Å². The molecule has 1 fully saturated rings. The number of sulfonamides is 1. The van der Waals surface area contributed by atoms with E-state index in [1.165, 1.54) is 0 Å². The number of hydrogen-bond acceptors (Lipinski definition) is 3. The molecule has 2 atom stereocenters. The van der Waals surface area contributed by atoms with E-state index in [-0.39, 0.29) is 44.5 Å². The fourth-order valence-corrected chi connectivity index (χ4v) is 5.25. The van der Waals surface area contributed by atoms with Crippen molar-refractivity contribution in [3.63, 3.8) is 0 Å². The maximum atomic E-state index is 12.5. The van der Waals surface area contributed by atoms with Gasteiger partial charge in [-0.2, -0.15) is 6.42 Å². The Morgan fingerprint density at radius 1 is 1.26 bits per heavy atom. The maximum absolute atomic E-state index is 12.5. The minimum Gasteiger partial charge on any atom is -0.388 e. The Balaban J connectivity index is 0.00000364. The van der Waals surface area contributed by atoms with Gasteiger partial charge in [-0.15, -0.1) is 0 Å². The summed E-state index contributed by atoms with van der Waals surface area (Å²) in [5.74, 6) is 0.197. The fraction of sp³-hybridized carbons (Fsp3) is 0.571. The third kappa shape index (κ3) is 7.27. The van der Waals surface area contributed by atoms with Crippen molar-refractivity contribution in [3.05, 3.63) is 48.9 Å². The molecular weight excluding hydrogens is 435 g/mol. The van der Waals surface area contributed by atoms with Crippen molar-refractivity contribution in [2.75, 3.05) is 10.1 Å². The Labute approximate surface area is 190 Å². The summed E-state index contributed by atoms with van der Waals surface area (Å²) in [5.41, 5.74) is 1.55. The van der Waals surface area contributed by atoms with E-state index in [9.17, 15) is 13.5 Å². The van der Waals surface area contributed by atoms with Crippen molar-refractivity contribution in [2.24, 2.45) is 0 Å². The predicted molar refractivity (Wildman–Crippen MR) is 109 cm³/mol. The number of unbranched alkanes of at least 4 members (excludes halogenated alkanes) is 3. The van der Waals surface area contributed by atoms with Gasteiger partial charge in [0.05, 0.1) is 17.5 Å². The molecule has 1 aliphatic rings. The van der Waals surface area contributed by atoms with Crippen LogP contribution in [-0.2, 0) is 42.7 Å². The van der Waals surface area contributed by atoms with Gasteiger partial charge in [0, 0.05) is 38.8 Å². The molecule has 1 heterocycles. The average molecular weight is 467 g/mol. The third-order valence-electron chi connectivity index (χ3n) is 4.90. The van der Waals surface area contributed by atoms with Gasteiger partial charge in [-0.05, 0) is 37.0 Å². The van der Waals surface area contributed by atoms with E-state index in [2.05, 4.69) is 26.0 Å². The van der Waals surface area contributed by atoms with Crippen LogP contribution >= 0.6 is 0 Å². The molecule has 1 N–H and O–H groups in total. The molecule has 2 rings (SSSR count). The van der Waals surface area contributed by atoms with Crippen LogP contribution in [0.1, 0.15) is 70.0 Å². The van der Waals surface area contributed by atoms with E-state index in [4.69, 9.17) is 0 Å². The third-order valence-corrected chi connectivity index (χ3v) is 6.76. The van der Waals surface area contributed by atoms with Gasteiger partial charge in [0.25, 0.3) is 0 Å². The summed E-state index contributed by atoms with van der Waals surface area (Å²) in [7, 11) is -3.26. The van der Waals surface area contributed by atoms with Crippen molar-refractivity contribution in [3.8, 4) is 0 Å². The van der Waals surface area contributed by atoms with Gasteiger partial charge in [-0.1, -0.05) is 56.9 Å². The molecule has 0 bridgehead atoms. The second-order valence-electron chi connectivity index (χ2n) is 7.01. The molecular formula is C21H32NO3SY-. The molecule has 1 aromatic carbocycles. The first kappa shape index (κ1) is 24.8. The van der Waals surface area contributed by atoms with Crippen LogP contribution in [0.2, 0.25) is 0 Å². The van der Waals surface area contributed by atoms with Crippen molar-refractivity contribution >= 4 is 15.7 Å². The minimum absolute atomic E-state index is 0. The van der Waals surface area contributed by atoms with Gasteiger partial charge in [0.2, 0.25) is 10.0 Å². The van der Waals surface area contributed by atoms with E-state index in [0.717, 1.165) is 50.5 Å². The van der Waals surface area contributed by atoms with Crippen LogP contribution in [0, 0.1) is 6.92 Å². The quantitative estimate of drug-likeness (QED) is 0.307. The summed E-state index contributed by atoms with van der Waals surface area (Å²) in [6, 6.07) is 7.34. The largest absolute Gasteiger partial charge is 0.388 e. The Morgan fingerprint density at radius 2 is 1.96 bits per heavy atom. The van der Waals surface area contributed by atoms with Gasteiger partial charge in [-0.25, -0.2) is 8.42 Å². The van der Waals surface area contributed by atoms with E-state index < -0.39 is 16.1 Å². The molecule has 0 spiro atoms. The first-order valence-electron chi connectivity index (χ1n) is 9.74. The Hall–Kier alpha value is -0.226. The molecule has 27 heavy (non-hydrogen) atoms. The Bertz CT molecular complexity index is 673. The molecule has 1 aliphatic heterocycles. The monoisotopic (exact) mass is 467 g/mol. The summed E-state index contributed by atoms with van der Waals surface area (Å²) >= 11 is 0. The number of hydrogen-bond donors (Lipinski definition) is 1. The van der Waals surface area contributed by atoms with Crippen LogP contribution in [0.25, 0.3) is 0 Å². The number of rotatable bonds is 10. The molecule has 2 unspecified atom stereocenters. The first-order chi connectivity index (χ1) is 12.5. The zero-order chi connectivity index (χ0) is 19.0. The van der Waals surface area contributed by atoms with Gasteiger partial charge in [0.1, 0.15) is 0 Å². The number of anilines is 1. The molecule has 0 aliphatic carbocycles. The van der Waals surface area contributed by atoms with E-state index >= 15 is 0 Å². The van der Waals surface area contributed by atoms with E-state index in [1.54, 1.807) is 4.31 Å². The molecule has 149 valence electrons. The van der Waals surface area contributed by atoms with Gasteiger partial charge >= 0.3 is 0 Å². The molecule has 1 saturated heterocycles. The zero-order valence-electron chi connectivity index (χ0n) is 16.4. The van der Waals surface area contributed by atoms with Crippen LogP contribution in [0.5, 0.6) is 0 Å². The Morgan fingerprint density at radius 3 is 2.59 bits per heavy atom. The topological polar surface area (TPSA) is 57.6 Å². The van der Waals surface area contributed by atoms with Crippen LogP contribution in [0.15, 0.2) is 36.4 Å².